The molecule has 106 valence electrons. The van der Waals surface area contributed by atoms with E-state index in [9.17, 15) is 4.79 Å². The Morgan fingerprint density at radius 1 is 1.38 bits per heavy atom. The van der Waals surface area contributed by atoms with E-state index < -0.39 is 0 Å². The van der Waals surface area contributed by atoms with Gasteiger partial charge in [0.25, 0.3) is 5.91 Å². The molecule has 0 saturated carbocycles. The number of carbonyl (C=O) groups is 1. The Hall–Kier alpha value is -2.64. The van der Waals surface area contributed by atoms with Gasteiger partial charge in [-0.15, -0.1) is 0 Å². The Kier molecular flexibility index (Phi) is 5.08. The first-order chi connectivity index (χ1) is 10.2. The largest absolute Gasteiger partial charge is 0.395 e. The number of aliphatic hydroxyl groups is 1. The van der Waals surface area contributed by atoms with Gasteiger partial charge in [0.2, 0.25) is 0 Å². The number of pyridine rings is 1. The Balaban J connectivity index is 2.24. The van der Waals surface area contributed by atoms with Gasteiger partial charge in [-0.05, 0) is 36.8 Å². The molecule has 0 aliphatic heterocycles. The first-order valence-electron chi connectivity index (χ1n) is 6.62. The summed E-state index contributed by atoms with van der Waals surface area (Å²) in [5, 5.41) is 11.6. The molecule has 2 N–H and O–H groups in total. The molecular formula is C17H16N2O2. The molecular weight excluding hydrogens is 264 g/mol. The topological polar surface area (TPSA) is 62.2 Å². The van der Waals surface area contributed by atoms with Crippen LogP contribution in [0, 0.1) is 18.8 Å². The maximum Gasteiger partial charge on any atom is 0.257 e. The van der Waals surface area contributed by atoms with Crippen LogP contribution in [0.3, 0.4) is 0 Å². The third kappa shape index (κ3) is 4.16. The lowest BCUT2D eigenvalue weighted by Crippen LogP contribution is -2.13. The highest BCUT2D eigenvalue weighted by atomic mass is 16.2. The van der Waals surface area contributed by atoms with Crippen molar-refractivity contribution in [1.82, 2.24) is 4.98 Å². The maximum absolute atomic E-state index is 12.1. The quantitative estimate of drug-likeness (QED) is 0.849. The average Bonchev–Trinajstić information content (AvgIpc) is 2.51. The SMILES string of the molecule is Cc1ccc(NC(=O)c2cccnc2)c(C#CCCO)c1. The summed E-state index contributed by atoms with van der Waals surface area (Å²) >= 11 is 0. The molecule has 1 amide bonds. The van der Waals surface area contributed by atoms with Crippen molar-refractivity contribution in [3.8, 4) is 11.8 Å². The lowest BCUT2D eigenvalue weighted by atomic mass is 10.1. The molecule has 0 saturated heterocycles. The van der Waals surface area contributed by atoms with Gasteiger partial charge in [-0.3, -0.25) is 9.78 Å². The zero-order valence-electron chi connectivity index (χ0n) is 11.8. The summed E-state index contributed by atoms with van der Waals surface area (Å²) in [5.74, 6) is 5.61. The monoisotopic (exact) mass is 280 g/mol. The van der Waals surface area contributed by atoms with E-state index in [0.29, 0.717) is 17.7 Å². The first kappa shape index (κ1) is 14.8. The summed E-state index contributed by atoms with van der Waals surface area (Å²) in [6.07, 6.45) is 3.54. The van der Waals surface area contributed by atoms with Gasteiger partial charge in [-0.1, -0.05) is 17.9 Å². The smallest absolute Gasteiger partial charge is 0.257 e. The molecule has 1 heterocycles. The molecule has 0 bridgehead atoms. The standard InChI is InChI=1S/C17H16N2O2/c1-13-7-8-16(14(11-13)5-2-3-10-20)19-17(21)15-6-4-9-18-12-15/h4,6-9,11-12,20H,3,10H2,1H3,(H,19,21). The highest BCUT2D eigenvalue weighted by Crippen LogP contribution is 2.17. The minimum atomic E-state index is -0.225. The van der Waals surface area contributed by atoms with Crippen molar-refractivity contribution in [2.75, 3.05) is 11.9 Å². The predicted octanol–water partition coefficient (Wildman–Crippen LogP) is 2.38. The van der Waals surface area contributed by atoms with Crippen LogP contribution in [0.2, 0.25) is 0 Å². The van der Waals surface area contributed by atoms with Gasteiger partial charge in [-0.2, -0.15) is 0 Å². The van der Waals surface area contributed by atoms with Gasteiger partial charge in [0.05, 0.1) is 17.9 Å². The van der Waals surface area contributed by atoms with Crippen molar-refractivity contribution in [1.29, 1.82) is 0 Å². The molecule has 0 unspecified atom stereocenters. The highest BCUT2D eigenvalue weighted by molar-refractivity contribution is 6.04. The van der Waals surface area contributed by atoms with Gasteiger partial charge in [-0.25, -0.2) is 0 Å². The number of amides is 1. The van der Waals surface area contributed by atoms with Crippen LogP contribution in [-0.2, 0) is 0 Å². The van der Waals surface area contributed by atoms with Crippen LogP contribution in [0.15, 0.2) is 42.7 Å². The molecule has 4 heteroatoms. The van der Waals surface area contributed by atoms with Gasteiger partial charge in [0.1, 0.15) is 0 Å². The van der Waals surface area contributed by atoms with Crippen LogP contribution in [0.5, 0.6) is 0 Å². The predicted molar refractivity (Wildman–Crippen MR) is 82.0 cm³/mol. The fourth-order valence-electron chi connectivity index (χ4n) is 1.78. The molecule has 4 nitrogen and oxygen atoms in total. The number of nitrogens with zero attached hydrogens (tertiary/aromatic N) is 1. The first-order valence-corrected chi connectivity index (χ1v) is 6.62. The molecule has 1 aromatic heterocycles. The van der Waals surface area contributed by atoms with Gasteiger partial charge in [0, 0.05) is 24.4 Å². The fourth-order valence-corrected chi connectivity index (χ4v) is 1.78. The van der Waals surface area contributed by atoms with E-state index in [1.807, 2.05) is 25.1 Å². The van der Waals surface area contributed by atoms with E-state index in [-0.39, 0.29) is 12.5 Å². The lowest BCUT2D eigenvalue weighted by molar-refractivity contribution is 0.102. The molecule has 0 aliphatic carbocycles. The maximum atomic E-state index is 12.1. The summed E-state index contributed by atoms with van der Waals surface area (Å²) in [5.41, 5.74) is 2.94. The third-order valence-corrected chi connectivity index (χ3v) is 2.81. The number of benzene rings is 1. The lowest BCUT2D eigenvalue weighted by Gasteiger charge is -2.08. The minimum Gasteiger partial charge on any atom is -0.395 e. The zero-order valence-corrected chi connectivity index (χ0v) is 11.8. The number of hydrogen-bond acceptors (Lipinski definition) is 3. The Labute approximate surface area is 123 Å². The van der Waals surface area contributed by atoms with Crippen molar-refractivity contribution in [3.05, 3.63) is 59.4 Å². The fraction of sp³-hybridized carbons (Fsp3) is 0.176. The second-order valence-corrected chi connectivity index (χ2v) is 4.52. The minimum absolute atomic E-state index is 0.0240. The van der Waals surface area contributed by atoms with Crippen molar-refractivity contribution in [2.45, 2.75) is 13.3 Å². The molecule has 0 atom stereocenters. The van der Waals surface area contributed by atoms with Crippen LogP contribution < -0.4 is 5.32 Å². The molecule has 2 aromatic rings. The Morgan fingerprint density at radius 3 is 2.95 bits per heavy atom. The highest BCUT2D eigenvalue weighted by Gasteiger charge is 2.08. The van der Waals surface area contributed by atoms with Crippen molar-refractivity contribution in [3.63, 3.8) is 0 Å². The van der Waals surface area contributed by atoms with Crippen LogP contribution in [0.1, 0.15) is 27.9 Å². The van der Waals surface area contributed by atoms with E-state index in [4.69, 9.17) is 5.11 Å². The number of hydrogen-bond donors (Lipinski definition) is 2. The number of aliphatic hydroxyl groups excluding tert-OH is 1. The van der Waals surface area contributed by atoms with Crippen molar-refractivity contribution < 1.29 is 9.90 Å². The molecule has 0 aliphatic rings. The number of nitrogens with one attached hydrogen (secondary N) is 1. The van der Waals surface area contributed by atoms with Crippen LogP contribution in [0.4, 0.5) is 5.69 Å². The van der Waals surface area contributed by atoms with Gasteiger partial charge >= 0.3 is 0 Å². The van der Waals surface area contributed by atoms with Crippen molar-refractivity contribution in [2.24, 2.45) is 0 Å². The average molecular weight is 280 g/mol. The zero-order chi connectivity index (χ0) is 15.1. The van der Waals surface area contributed by atoms with Gasteiger partial charge in [0.15, 0.2) is 0 Å². The molecule has 0 spiro atoms. The molecule has 0 fully saturated rings. The summed E-state index contributed by atoms with van der Waals surface area (Å²) in [6.45, 7) is 1.99. The number of rotatable bonds is 3. The normalized spacial score (nSPS) is 9.62. The van der Waals surface area contributed by atoms with E-state index in [0.717, 1.165) is 11.1 Å². The van der Waals surface area contributed by atoms with Crippen molar-refractivity contribution >= 4 is 11.6 Å². The second-order valence-electron chi connectivity index (χ2n) is 4.52. The van der Waals surface area contributed by atoms with Crippen LogP contribution in [-0.4, -0.2) is 22.6 Å². The summed E-state index contributed by atoms with van der Waals surface area (Å²) < 4.78 is 0. The van der Waals surface area contributed by atoms with Gasteiger partial charge < -0.3 is 10.4 Å². The summed E-state index contributed by atoms with van der Waals surface area (Å²) in [7, 11) is 0. The van der Waals surface area contributed by atoms with E-state index in [1.54, 1.807) is 18.3 Å². The second kappa shape index (κ2) is 7.22. The third-order valence-electron chi connectivity index (χ3n) is 2.81. The number of aryl methyl sites for hydroxylation is 1. The van der Waals surface area contributed by atoms with Crippen LogP contribution in [0.25, 0.3) is 0 Å². The summed E-state index contributed by atoms with van der Waals surface area (Å²) in [4.78, 5) is 16.1. The summed E-state index contributed by atoms with van der Waals surface area (Å²) in [6, 6.07) is 9.06. The molecule has 1 aromatic carbocycles. The molecule has 0 radical (unpaired) electrons. The molecule has 2 rings (SSSR count). The Bertz CT molecular complexity index is 685. The number of aromatic nitrogens is 1. The van der Waals surface area contributed by atoms with E-state index >= 15 is 0 Å². The Morgan fingerprint density at radius 2 is 2.24 bits per heavy atom. The van der Waals surface area contributed by atoms with Crippen LogP contribution >= 0.6 is 0 Å². The van der Waals surface area contributed by atoms with E-state index in [2.05, 4.69) is 22.1 Å². The number of anilines is 1. The van der Waals surface area contributed by atoms with E-state index in [1.165, 1.54) is 6.20 Å². The number of carbonyl (C=O) groups excluding carboxylic acids is 1. The molecule has 21 heavy (non-hydrogen) atoms.